The maximum Gasteiger partial charge on any atom is 0.194 e. The van der Waals surface area contributed by atoms with Gasteiger partial charge in [-0.05, 0) is 37.8 Å². The Balaban J connectivity index is 1.95. The number of guanidine groups is 1. The van der Waals surface area contributed by atoms with Crippen molar-refractivity contribution in [1.82, 2.24) is 4.98 Å². The summed E-state index contributed by atoms with van der Waals surface area (Å²) < 4.78 is 0. The first-order valence-corrected chi connectivity index (χ1v) is 7.25. The molecule has 0 aromatic carbocycles. The van der Waals surface area contributed by atoms with Crippen LogP contribution in [0.15, 0.2) is 41.0 Å². The van der Waals surface area contributed by atoms with E-state index in [0.29, 0.717) is 12.5 Å². The van der Waals surface area contributed by atoms with Crippen LogP contribution >= 0.6 is 0 Å². The van der Waals surface area contributed by atoms with Crippen molar-refractivity contribution in [2.45, 2.75) is 39.5 Å². The summed E-state index contributed by atoms with van der Waals surface area (Å²) in [5.74, 6) is 1.15. The van der Waals surface area contributed by atoms with Crippen LogP contribution in [0.3, 0.4) is 0 Å². The number of aromatic nitrogens is 1. The molecule has 0 radical (unpaired) electrons. The fraction of sp³-hybridized carbons (Fsp3) is 0.500. The second kappa shape index (κ2) is 6.55. The van der Waals surface area contributed by atoms with E-state index in [9.17, 15) is 0 Å². The number of nitrogens with two attached hydrogens (primary N) is 1. The average Bonchev–Trinajstić information content (AvgIpc) is 2.47. The molecule has 0 fully saturated rings. The molecule has 20 heavy (non-hydrogen) atoms. The Hall–Kier alpha value is -1.84. The highest BCUT2D eigenvalue weighted by molar-refractivity contribution is 5.91. The van der Waals surface area contributed by atoms with Crippen LogP contribution < -0.4 is 11.1 Å². The van der Waals surface area contributed by atoms with Crippen molar-refractivity contribution in [3.8, 4) is 0 Å². The van der Waals surface area contributed by atoms with E-state index >= 15 is 0 Å². The molecule has 0 spiro atoms. The second-order valence-corrected chi connectivity index (χ2v) is 5.90. The molecule has 0 saturated carbocycles. The van der Waals surface area contributed by atoms with E-state index in [-0.39, 0.29) is 5.41 Å². The minimum absolute atomic E-state index is 0.0802. The van der Waals surface area contributed by atoms with Crippen molar-refractivity contribution in [3.63, 3.8) is 0 Å². The lowest BCUT2D eigenvalue weighted by molar-refractivity contribution is 0.427. The molecule has 1 aromatic heterocycles. The van der Waals surface area contributed by atoms with Gasteiger partial charge in [0.15, 0.2) is 5.96 Å². The van der Waals surface area contributed by atoms with Crippen molar-refractivity contribution < 1.29 is 0 Å². The van der Waals surface area contributed by atoms with E-state index in [1.165, 1.54) is 31.3 Å². The first-order chi connectivity index (χ1) is 9.58. The third-order valence-electron chi connectivity index (χ3n) is 3.73. The minimum Gasteiger partial charge on any atom is -0.370 e. The highest BCUT2D eigenvalue weighted by Gasteiger charge is 2.23. The zero-order chi connectivity index (χ0) is 14.4. The van der Waals surface area contributed by atoms with Crippen LogP contribution in [0.4, 0.5) is 5.82 Å². The molecule has 1 aliphatic carbocycles. The summed E-state index contributed by atoms with van der Waals surface area (Å²) in [6.07, 6.45) is 9.10. The van der Waals surface area contributed by atoms with E-state index in [1.807, 2.05) is 18.2 Å². The maximum absolute atomic E-state index is 5.92. The lowest BCUT2D eigenvalue weighted by Crippen LogP contribution is -2.27. The molecule has 0 unspecified atom stereocenters. The van der Waals surface area contributed by atoms with Crippen molar-refractivity contribution in [3.05, 3.63) is 36.0 Å². The summed E-state index contributed by atoms with van der Waals surface area (Å²) in [6, 6.07) is 5.66. The molecular weight excluding hydrogens is 248 g/mol. The van der Waals surface area contributed by atoms with Gasteiger partial charge in [0.05, 0.1) is 6.54 Å². The first kappa shape index (κ1) is 14.6. The lowest BCUT2D eigenvalue weighted by atomic mass is 9.79. The summed E-state index contributed by atoms with van der Waals surface area (Å²) in [7, 11) is 0. The van der Waals surface area contributed by atoms with Gasteiger partial charge >= 0.3 is 0 Å². The van der Waals surface area contributed by atoms with Crippen molar-refractivity contribution >= 4 is 11.8 Å². The molecule has 0 bridgehead atoms. The van der Waals surface area contributed by atoms with Crippen LogP contribution in [0.5, 0.6) is 0 Å². The molecular formula is C16H24N4. The number of allylic oxidation sites excluding steroid dienone is 1. The highest BCUT2D eigenvalue weighted by atomic mass is 15.1. The number of aliphatic imine (C=N–C) groups is 1. The number of nitrogens with one attached hydrogen (secondary N) is 1. The number of hydrogen-bond acceptors (Lipinski definition) is 2. The van der Waals surface area contributed by atoms with Gasteiger partial charge in [-0.1, -0.05) is 31.6 Å². The SMILES string of the molecule is CC(C)(CN=C(N)Nc1ccccn1)C1=CCCCC1. The fourth-order valence-electron chi connectivity index (χ4n) is 2.44. The topological polar surface area (TPSA) is 63.3 Å². The molecule has 0 atom stereocenters. The average molecular weight is 272 g/mol. The second-order valence-electron chi connectivity index (χ2n) is 5.90. The Morgan fingerprint density at radius 2 is 2.25 bits per heavy atom. The Kier molecular flexibility index (Phi) is 4.77. The lowest BCUT2D eigenvalue weighted by Gasteiger charge is -2.29. The molecule has 1 aromatic rings. The van der Waals surface area contributed by atoms with Crippen LogP contribution in [-0.4, -0.2) is 17.5 Å². The summed E-state index contributed by atoms with van der Waals surface area (Å²) >= 11 is 0. The third kappa shape index (κ3) is 4.08. The standard InChI is InChI=1S/C16H24N4/c1-16(2,13-8-4-3-5-9-13)12-19-15(17)20-14-10-6-7-11-18-14/h6-8,10-11H,3-5,9,12H2,1-2H3,(H3,17,18,19,20). The van der Waals surface area contributed by atoms with E-state index in [0.717, 1.165) is 5.82 Å². The van der Waals surface area contributed by atoms with Crippen molar-refractivity contribution in [2.24, 2.45) is 16.1 Å². The van der Waals surface area contributed by atoms with Gasteiger partial charge in [-0.2, -0.15) is 0 Å². The van der Waals surface area contributed by atoms with Gasteiger partial charge in [0.2, 0.25) is 0 Å². The number of rotatable bonds is 4. The summed E-state index contributed by atoms with van der Waals surface area (Å²) in [5.41, 5.74) is 7.51. The third-order valence-corrected chi connectivity index (χ3v) is 3.73. The van der Waals surface area contributed by atoms with E-state index in [4.69, 9.17) is 5.73 Å². The normalized spacial score (nSPS) is 16.7. The zero-order valence-corrected chi connectivity index (χ0v) is 12.4. The van der Waals surface area contributed by atoms with E-state index in [2.05, 4.69) is 35.2 Å². The van der Waals surface area contributed by atoms with Gasteiger partial charge in [-0.3, -0.25) is 4.99 Å². The molecule has 0 saturated heterocycles. The quantitative estimate of drug-likeness (QED) is 0.502. The molecule has 4 heteroatoms. The maximum atomic E-state index is 5.92. The number of nitrogens with zero attached hydrogens (tertiary/aromatic N) is 2. The molecule has 0 aliphatic heterocycles. The van der Waals surface area contributed by atoms with Crippen LogP contribution in [0.25, 0.3) is 0 Å². The first-order valence-electron chi connectivity index (χ1n) is 7.25. The Labute approximate surface area is 121 Å². The van der Waals surface area contributed by atoms with E-state index in [1.54, 1.807) is 6.20 Å². The predicted molar refractivity (Wildman–Crippen MR) is 84.7 cm³/mol. The molecule has 1 heterocycles. The van der Waals surface area contributed by atoms with Crippen molar-refractivity contribution in [1.29, 1.82) is 0 Å². The Morgan fingerprint density at radius 3 is 2.90 bits per heavy atom. The highest BCUT2D eigenvalue weighted by Crippen LogP contribution is 2.33. The predicted octanol–water partition coefficient (Wildman–Crippen LogP) is 3.33. The summed E-state index contributed by atoms with van der Waals surface area (Å²) in [4.78, 5) is 8.64. The van der Waals surface area contributed by atoms with Crippen LogP contribution in [0.2, 0.25) is 0 Å². The fourth-order valence-corrected chi connectivity index (χ4v) is 2.44. The van der Waals surface area contributed by atoms with Gasteiger partial charge in [0, 0.05) is 11.6 Å². The molecule has 3 N–H and O–H groups in total. The largest absolute Gasteiger partial charge is 0.370 e. The molecule has 108 valence electrons. The molecule has 4 nitrogen and oxygen atoms in total. The number of hydrogen-bond donors (Lipinski definition) is 2. The van der Waals surface area contributed by atoms with Crippen LogP contribution in [0.1, 0.15) is 39.5 Å². The van der Waals surface area contributed by atoms with Crippen molar-refractivity contribution in [2.75, 3.05) is 11.9 Å². The zero-order valence-electron chi connectivity index (χ0n) is 12.4. The Bertz CT molecular complexity index is 488. The van der Waals surface area contributed by atoms with Crippen LogP contribution in [0, 0.1) is 5.41 Å². The number of anilines is 1. The van der Waals surface area contributed by atoms with E-state index < -0.39 is 0 Å². The molecule has 0 amide bonds. The Morgan fingerprint density at radius 1 is 1.40 bits per heavy atom. The van der Waals surface area contributed by atoms with Crippen LogP contribution in [-0.2, 0) is 0 Å². The monoisotopic (exact) mass is 272 g/mol. The van der Waals surface area contributed by atoms with Gasteiger partial charge in [0.25, 0.3) is 0 Å². The van der Waals surface area contributed by atoms with Gasteiger partial charge in [-0.15, -0.1) is 0 Å². The van der Waals surface area contributed by atoms with Gasteiger partial charge in [-0.25, -0.2) is 4.98 Å². The number of pyridine rings is 1. The van der Waals surface area contributed by atoms with Gasteiger partial charge < -0.3 is 11.1 Å². The van der Waals surface area contributed by atoms with Gasteiger partial charge in [0.1, 0.15) is 5.82 Å². The molecule has 1 aliphatic rings. The summed E-state index contributed by atoms with van der Waals surface area (Å²) in [5, 5.41) is 3.01. The summed E-state index contributed by atoms with van der Waals surface area (Å²) in [6.45, 7) is 5.17. The minimum atomic E-state index is 0.0802. The smallest absolute Gasteiger partial charge is 0.194 e. The molecule has 2 rings (SSSR count).